The van der Waals surface area contributed by atoms with E-state index in [4.69, 9.17) is 4.43 Å². The second kappa shape index (κ2) is 8.75. The van der Waals surface area contributed by atoms with Gasteiger partial charge in [0.05, 0.1) is 0 Å². The standard InChI is InChI=1S/C15H31IOSi/c1-8-9-15(10-11-16)17-18(12(2)3,13(4)5)14(6)7/h8,12-15H,1,9-11H2,2-7H3/t15-/m1/s1. The lowest BCUT2D eigenvalue weighted by Crippen LogP contribution is -2.50. The summed E-state index contributed by atoms with van der Waals surface area (Å²) in [5.74, 6) is 0. The largest absolute Gasteiger partial charge is 0.413 e. The van der Waals surface area contributed by atoms with E-state index in [0.29, 0.717) is 22.7 Å². The van der Waals surface area contributed by atoms with Crippen LogP contribution in [0.3, 0.4) is 0 Å². The number of hydrogen-bond donors (Lipinski definition) is 0. The Morgan fingerprint density at radius 1 is 1.06 bits per heavy atom. The number of alkyl halides is 1. The van der Waals surface area contributed by atoms with Gasteiger partial charge in [0, 0.05) is 10.5 Å². The fourth-order valence-electron chi connectivity index (χ4n) is 3.23. The quantitative estimate of drug-likeness (QED) is 0.207. The van der Waals surface area contributed by atoms with Gasteiger partial charge >= 0.3 is 0 Å². The predicted molar refractivity (Wildman–Crippen MR) is 94.2 cm³/mol. The molecular formula is C15H31IOSi. The molecule has 108 valence electrons. The van der Waals surface area contributed by atoms with E-state index in [-0.39, 0.29) is 0 Å². The van der Waals surface area contributed by atoms with Crippen LogP contribution in [0.25, 0.3) is 0 Å². The smallest absolute Gasteiger partial charge is 0.200 e. The Morgan fingerprint density at radius 2 is 1.50 bits per heavy atom. The minimum Gasteiger partial charge on any atom is -0.413 e. The summed E-state index contributed by atoms with van der Waals surface area (Å²) in [7, 11) is -1.72. The first-order valence-corrected chi connectivity index (χ1v) is 10.8. The van der Waals surface area contributed by atoms with Gasteiger partial charge in [0.1, 0.15) is 0 Å². The van der Waals surface area contributed by atoms with E-state index >= 15 is 0 Å². The van der Waals surface area contributed by atoms with Crippen LogP contribution in [0.5, 0.6) is 0 Å². The third kappa shape index (κ3) is 4.64. The van der Waals surface area contributed by atoms with Crippen molar-refractivity contribution in [3.63, 3.8) is 0 Å². The summed E-state index contributed by atoms with van der Waals surface area (Å²) in [5, 5.41) is 0. The highest BCUT2D eigenvalue weighted by Gasteiger charge is 2.46. The van der Waals surface area contributed by atoms with Crippen LogP contribution in [0, 0.1) is 0 Å². The van der Waals surface area contributed by atoms with Crippen LogP contribution in [0.4, 0.5) is 0 Å². The van der Waals surface area contributed by atoms with E-state index in [1.54, 1.807) is 0 Å². The highest BCUT2D eigenvalue weighted by Crippen LogP contribution is 2.43. The lowest BCUT2D eigenvalue weighted by molar-refractivity contribution is 0.174. The molecule has 0 unspecified atom stereocenters. The lowest BCUT2D eigenvalue weighted by Gasteiger charge is -2.44. The third-order valence-electron chi connectivity index (χ3n) is 3.94. The zero-order chi connectivity index (χ0) is 14.3. The molecule has 0 spiro atoms. The van der Waals surface area contributed by atoms with Crippen molar-refractivity contribution in [2.45, 2.75) is 77.1 Å². The maximum absolute atomic E-state index is 6.77. The maximum Gasteiger partial charge on any atom is 0.200 e. The topological polar surface area (TPSA) is 9.23 Å². The molecule has 0 heterocycles. The second-order valence-corrected chi connectivity index (χ2v) is 12.5. The molecule has 0 aromatic heterocycles. The molecule has 0 aliphatic carbocycles. The molecule has 0 fully saturated rings. The summed E-state index contributed by atoms with van der Waals surface area (Å²) in [6.07, 6.45) is 4.52. The van der Waals surface area contributed by atoms with Gasteiger partial charge in [0.15, 0.2) is 0 Å². The lowest BCUT2D eigenvalue weighted by atomic mass is 10.2. The van der Waals surface area contributed by atoms with Gasteiger partial charge < -0.3 is 4.43 Å². The molecule has 0 N–H and O–H groups in total. The highest BCUT2D eigenvalue weighted by molar-refractivity contribution is 14.1. The van der Waals surface area contributed by atoms with E-state index in [9.17, 15) is 0 Å². The fraction of sp³-hybridized carbons (Fsp3) is 0.867. The average molecular weight is 382 g/mol. The van der Waals surface area contributed by atoms with Crippen LogP contribution in [-0.4, -0.2) is 18.8 Å². The Labute approximate surface area is 129 Å². The van der Waals surface area contributed by atoms with Gasteiger partial charge in [-0.1, -0.05) is 70.2 Å². The number of hydrogen-bond acceptors (Lipinski definition) is 1. The molecular weight excluding hydrogens is 351 g/mol. The van der Waals surface area contributed by atoms with Crippen LogP contribution in [-0.2, 0) is 4.43 Å². The van der Waals surface area contributed by atoms with Crippen molar-refractivity contribution < 1.29 is 4.43 Å². The first-order valence-electron chi connectivity index (χ1n) is 7.17. The van der Waals surface area contributed by atoms with Gasteiger partial charge in [-0.25, -0.2) is 0 Å². The van der Waals surface area contributed by atoms with Crippen molar-refractivity contribution in [1.29, 1.82) is 0 Å². The van der Waals surface area contributed by atoms with E-state index in [0.717, 1.165) is 17.3 Å². The molecule has 0 bridgehead atoms. The number of rotatable bonds is 9. The summed E-state index contributed by atoms with van der Waals surface area (Å²) in [6.45, 7) is 18.0. The fourth-order valence-corrected chi connectivity index (χ4v) is 9.53. The Morgan fingerprint density at radius 3 is 1.78 bits per heavy atom. The molecule has 18 heavy (non-hydrogen) atoms. The van der Waals surface area contributed by atoms with Crippen LogP contribution >= 0.6 is 22.6 Å². The van der Waals surface area contributed by atoms with Crippen LogP contribution in [0.1, 0.15) is 54.4 Å². The summed E-state index contributed by atoms with van der Waals surface area (Å²) in [4.78, 5) is 0. The monoisotopic (exact) mass is 382 g/mol. The van der Waals surface area contributed by atoms with Crippen molar-refractivity contribution in [1.82, 2.24) is 0 Å². The molecule has 0 radical (unpaired) electrons. The maximum atomic E-state index is 6.77. The molecule has 0 aromatic rings. The van der Waals surface area contributed by atoms with E-state index in [2.05, 4.69) is 70.7 Å². The van der Waals surface area contributed by atoms with Crippen molar-refractivity contribution in [2.24, 2.45) is 0 Å². The molecule has 1 nitrogen and oxygen atoms in total. The van der Waals surface area contributed by atoms with Crippen LogP contribution in [0.2, 0.25) is 16.6 Å². The SMILES string of the molecule is C=CC[C@H](CCI)O[Si](C(C)C)(C(C)C)C(C)C. The average Bonchev–Trinajstić information content (AvgIpc) is 2.24. The molecule has 3 heteroatoms. The van der Waals surface area contributed by atoms with Crippen molar-refractivity contribution in [3.8, 4) is 0 Å². The Hall–Kier alpha value is 0.647. The van der Waals surface area contributed by atoms with Gasteiger partial charge in [-0.05, 0) is 29.5 Å². The van der Waals surface area contributed by atoms with Gasteiger partial charge in [-0.15, -0.1) is 6.58 Å². The Bertz CT molecular complexity index is 217. The molecule has 0 aliphatic rings. The molecule has 0 aromatic carbocycles. The van der Waals surface area contributed by atoms with Gasteiger partial charge in [0.25, 0.3) is 0 Å². The molecule has 0 rings (SSSR count). The van der Waals surface area contributed by atoms with E-state index in [1.165, 1.54) is 0 Å². The zero-order valence-electron chi connectivity index (χ0n) is 13.0. The van der Waals surface area contributed by atoms with Crippen molar-refractivity contribution >= 4 is 30.9 Å². The van der Waals surface area contributed by atoms with Crippen molar-refractivity contribution in [3.05, 3.63) is 12.7 Å². The molecule has 0 aliphatic heterocycles. The predicted octanol–water partition coefficient (Wildman–Crippen LogP) is 5.95. The van der Waals surface area contributed by atoms with Gasteiger partial charge in [-0.3, -0.25) is 0 Å². The molecule has 0 saturated heterocycles. The van der Waals surface area contributed by atoms with E-state index in [1.807, 2.05) is 6.08 Å². The Balaban J connectivity index is 5.11. The van der Waals surface area contributed by atoms with Crippen LogP contribution in [0.15, 0.2) is 12.7 Å². The first kappa shape index (κ1) is 18.6. The third-order valence-corrected chi connectivity index (χ3v) is 10.7. The molecule has 0 saturated carbocycles. The van der Waals surface area contributed by atoms with E-state index < -0.39 is 8.32 Å². The Kier molecular flexibility index (Phi) is 9.06. The van der Waals surface area contributed by atoms with Crippen LogP contribution < -0.4 is 0 Å². The summed E-state index contributed by atoms with van der Waals surface area (Å²) in [5.41, 5.74) is 2.00. The minimum atomic E-state index is -1.72. The van der Waals surface area contributed by atoms with Gasteiger partial charge in [0.2, 0.25) is 8.32 Å². The normalized spacial score (nSPS) is 14.6. The summed E-state index contributed by atoms with van der Waals surface area (Å²) in [6, 6.07) is 0. The first-order chi connectivity index (χ1) is 8.32. The second-order valence-electron chi connectivity index (χ2n) is 6.06. The minimum absolute atomic E-state index is 0.373. The van der Waals surface area contributed by atoms with Crippen molar-refractivity contribution in [2.75, 3.05) is 4.43 Å². The summed E-state index contributed by atoms with van der Waals surface area (Å²) >= 11 is 2.45. The molecule has 1 atom stereocenters. The zero-order valence-corrected chi connectivity index (χ0v) is 16.2. The molecule has 0 amide bonds. The number of halogens is 1. The van der Waals surface area contributed by atoms with Gasteiger partial charge in [-0.2, -0.15) is 0 Å². The highest BCUT2D eigenvalue weighted by atomic mass is 127. The summed E-state index contributed by atoms with van der Waals surface area (Å²) < 4.78 is 7.93.